The minimum absolute atomic E-state index is 0.320. The predicted molar refractivity (Wildman–Crippen MR) is 111 cm³/mol. The lowest BCUT2D eigenvalue weighted by atomic mass is 9.89. The summed E-state index contributed by atoms with van der Waals surface area (Å²) in [6, 6.07) is 8.73. The number of anilines is 1. The Hall–Kier alpha value is -2.89. The van der Waals surface area contributed by atoms with Gasteiger partial charge in [-0.15, -0.1) is 0 Å². The van der Waals surface area contributed by atoms with Crippen LogP contribution in [0.2, 0.25) is 0 Å². The zero-order chi connectivity index (χ0) is 20.2. The van der Waals surface area contributed by atoms with Gasteiger partial charge >= 0.3 is 0 Å². The standard InChI is InChI=1S/C21H28FN5/c1-7-21(4,26-20(23)27(5)6)17-12-16(9-10-18(17)22)25-15(3)19-11-8-14(2)13-24-19/h8-13,25H,3,7H2,1-2,4-6H3,(H2,23,26)/t21-/m0/s1. The Bertz CT molecular complexity index is 842. The molecule has 1 aromatic heterocycles. The molecule has 0 aliphatic heterocycles. The van der Waals surface area contributed by atoms with E-state index in [0.29, 0.717) is 23.6 Å². The maximum atomic E-state index is 14.6. The topological polar surface area (TPSA) is 66.5 Å². The smallest absolute Gasteiger partial charge is 0.191 e. The average Bonchev–Trinajstić information content (AvgIpc) is 2.63. The first kappa shape index (κ1) is 20.4. The molecular weight excluding hydrogens is 341 g/mol. The molecule has 27 heavy (non-hydrogen) atoms. The van der Waals surface area contributed by atoms with Gasteiger partial charge in [0.25, 0.3) is 0 Å². The van der Waals surface area contributed by atoms with Crippen molar-refractivity contribution in [2.75, 3.05) is 19.4 Å². The third-order valence-corrected chi connectivity index (χ3v) is 4.57. The fourth-order valence-electron chi connectivity index (χ4n) is 2.58. The SMILES string of the molecule is C=C(Nc1ccc(F)c([C@](C)(CC)N=C(N)N(C)C)c1)c1ccc(C)cn1. The molecule has 144 valence electrons. The average molecular weight is 369 g/mol. The second kappa shape index (κ2) is 8.20. The van der Waals surface area contributed by atoms with E-state index in [2.05, 4.69) is 21.9 Å². The van der Waals surface area contributed by atoms with Crippen molar-refractivity contribution in [3.05, 3.63) is 65.7 Å². The summed E-state index contributed by atoms with van der Waals surface area (Å²) < 4.78 is 14.6. The summed E-state index contributed by atoms with van der Waals surface area (Å²) in [6.45, 7) is 9.85. The maximum Gasteiger partial charge on any atom is 0.191 e. The molecule has 0 radical (unpaired) electrons. The number of nitrogens with zero attached hydrogens (tertiary/aromatic N) is 3. The summed E-state index contributed by atoms with van der Waals surface area (Å²) >= 11 is 0. The summed E-state index contributed by atoms with van der Waals surface area (Å²) in [5.41, 5.74) is 8.86. The van der Waals surface area contributed by atoms with Crippen LogP contribution in [0.4, 0.5) is 10.1 Å². The van der Waals surface area contributed by atoms with E-state index in [1.54, 1.807) is 23.2 Å². The van der Waals surface area contributed by atoms with Crippen molar-refractivity contribution >= 4 is 17.3 Å². The highest BCUT2D eigenvalue weighted by Gasteiger charge is 2.28. The van der Waals surface area contributed by atoms with Gasteiger partial charge < -0.3 is 16.0 Å². The van der Waals surface area contributed by atoms with E-state index in [-0.39, 0.29) is 5.82 Å². The van der Waals surface area contributed by atoms with Gasteiger partial charge in [0.05, 0.1) is 16.9 Å². The summed E-state index contributed by atoms with van der Waals surface area (Å²) in [6.07, 6.45) is 2.38. The number of benzene rings is 1. The Balaban J connectivity index is 2.36. The largest absolute Gasteiger partial charge is 0.370 e. The van der Waals surface area contributed by atoms with E-state index in [4.69, 9.17) is 5.73 Å². The molecule has 0 saturated carbocycles. The van der Waals surface area contributed by atoms with Crippen LogP contribution in [0.25, 0.3) is 5.70 Å². The van der Waals surface area contributed by atoms with E-state index in [1.165, 1.54) is 6.07 Å². The minimum atomic E-state index is -0.778. The third-order valence-electron chi connectivity index (χ3n) is 4.57. The number of nitrogens with two attached hydrogens (primary N) is 1. The second-order valence-corrected chi connectivity index (χ2v) is 7.01. The number of nitrogens with one attached hydrogen (secondary N) is 1. The second-order valence-electron chi connectivity index (χ2n) is 7.01. The summed E-state index contributed by atoms with van der Waals surface area (Å²) in [7, 11) is 3.61. The first-order valence-corrected chi connectivity index (χ1v) is 8.88. The molecule has 0 aliphatic carbocycles. The molecule has 1 heterocycles. The molecule has 0 saturated heterocycles. The van der Waals surface area contributed by atoms with E-state index < -0.39 is 5.54 Å². The number of aryl methyl sites for hydroxylation is 1. The van der Waals surface area contributed by atoms with Crippen LogP contribution in [0.1, 0.15) is 37.1 Å². The van der Waals surface area contributed by atoms with Gasteiger partial charge in [-0.05, 0) is 50.1 Å². The molecule has 3 N–H and O–H groups in total. The molecule has 0 bridgehead atoms. The number of hydrogen-bond acceptors (Lipinski definition) is 3. The van der Waals surface area contributed by atoms with Gasteiger partial charge in [-0.2, -0.15) is 0 Å². The molecule has 2 aromatic rings. The zero-order valence-electron chi connectivity index (χ0n) is 16.7. The third kappa shape index (κ3) is 4.84. The number of aromatic nitrogens is 1. The van der Waals surface area contributed by atoms with Crippen LogP contribution in [-0.4, -0.2) is 29.9 Å². The maximum absolute atomic E-state index is 14.6. The number of rotatable bonds is 6. The van der Waals surface area contributed by atoms with Crippen molar-refractivity contribution in [1.29, 1.82) is 0 Å². The normalized spacial score (nSPS) is 13.8. The molecule has 0 unspecified atom stereocenters. The highest BCUT2D eigenvalue weighted by atomic mass is 19.1. The van der Waals surface area contributed by atoms with Gasteiger partial charge in [0.15, 0.2) is 5.96 Å². The first-order valence-electron chi connectivity index (χ1n) is 8.88. The summed E-state index contributed by atoms with van der Waals surface area (Å²) in [5.74, 6) is 0.0321. The molecular formula is C21H28FN5. The van der Waals surface area contributed by atoms with Crippen molar-refractivity contribution in [2.24, 2.45) is 10.7 Å². The van der Waals surface area contributed by atoms with Crippen LogP contribution in [0, 0.1) is 12.7 Å². The van der Waals surface area contributed by atoms with Gasteiger partial charge in [-0.1, -0.05) is 19.6 Å². The monoisotopic (exact) mass is 369 g/mol. The van der Waals surface area contributed by atoms with Crippen LogP contribution in [0.5, 0.6) is 0 Å². The molecule has 5 nitrogen and oxygen atoms in total. The molecule has 1 atom stereocenters. The highest BCUT2D eigenvalue weighted by Crippen LogP contribution is 2.33. The molecule has 0 spiro atoms. The lowest BCUT2D eigenvalue weighted by molar-refractivity contribution is 0.438. The predicted octanol–water partition coefficient (Wildman–Crippen LogP) is 4.11. The van der Waals surface area contributed by atoms with Crippen LogP contribution < -0.4 is 11.1 Å². The van der Waals surface area contributed by atoms with E-state index >= 15 is 0 Å². The number of hydrogen-bond donors (Lipinski definition) is 2. The number of aliphatic imine (C=N–C) groups is 1. The van der Waals surface area contributed by atoms with Crippen molar-refractivity contribution < 1.29 is 4.39 Å². The first-order chi connectivity index (χ1) is 12.7. The van der Waals surface area contributed by atoms with Crippen molar-refractivity contribution in [3.8, 4) is 0 Å². The Kier molecular flexibility index (Phi) is 6.20. The number of halogens is 1. The molecule has 6 heteroatoms. The van der Waals surface area contributed by atoms with Crippen molar-refractivity contribution in [3.63, 3.8) is 0 Å². The fraction of sp³-hybridized carbons (Fsp3) is 0.333. The molecule has 0 fully saturated rings. The Morgan fingerprint density at radius 1 is 1.33 bits per heavy atom. The van der Waals surface area contributed by atoms with E-state index in [1.807, 2.05) is 47.0 Å². The van der Waals surface area contributed by atoms with Gasteiger partial charge in [-0.25, -0.2) is 9.38 Å². The fourth-order valence-corrected chi connectivity index (χ4v) is 2.58. The Morgan fingerprint density at radius 2 is 2.04 bits per heavy atom. The van der Waals surface area contributed by atoms with E-state index in [0.717, 1.165) is 16.9 Å². The Labute approximate surface area is 160 Å². The van der Waals surface area contributed by atoms with Gasteiger partial charge in [0, 0.05) is 31.5 Å². The lowest BCUT2D eigenvalue weighted by Gasteiger charge is -2.27. The highest BCUT2D eigenvalue weighted by molar-refractivity contribution is 5.78. The number of guanidine groups is 1. The lowest BCUT2D eigenvalue weighted by Crippen LogP contribution is -2.34. The van der Waals surface area contributed by atoms with Gasteiger partial charge in [0.1, 0.15) is 5.82 Å². The van der Waals surface area contributed by atoms with Crippen LogP contribution in [-0.2, 0) is 5.54 Å². The Morgan fingerprint density at radius 3 is 2.59 bits per heavy atom. The van der Waals surface area contributed by atoms with Gasteiger partial charge in [0.2, 0.25) is 0 Å². The zero-order valence-corrected chi connectivity index (χ0v) is 16.7. The molecule has 0 amide bonds. The minimum Gasteiger partial charge on any atom is -0.370 e. The van der Waals surface area contributed by atoms with Crippen LogP contribution in [0.15, 0.2) is 48.1 Å². The number of pyridine rings is 1. The van der Waals surface area contributed by atoms with E-state index in [9.17, 15) is 4.39 Å². The summed E-state index contributed by atoms with van der Waals surface area (Å²) in [5, 5.41) is 3.20. The van der Waals surface area contributed by atoms with Crippen molar-refractivity contribution in [1.82, 2.24) is 9.88 Å². The van der Waals surface area contributed by atoms with Gasteiger partial charge in [-0.3, -0.25) is 4.98 Å². The van der Waals surface area contributed by atoms with Crippen LogP contribution in [0.3, 0.4) is 0 Å². The van der Waals surface area contributed by atoms with Crippen LogP contribution >= 0.6 is 0 Å². The quantitative estimate of drug-likeness (QED) is 0.594. The van der Waals surface area contributed by atoms with Crippen molar-refractivity contribution in [2.45, 2.75) is 32.7 Å². The molecule has 1 aromatic carbocycles. The molecule has 0 aliphatic rings. The molecule has 2 rings (SSSR count). The summed E-state index contributed by atoms with van der Waals surface area (Å²) in [4.78, 5) is 10.6.